The van der Waals surface area contributed by atoms with Crippen LogP contribution in [0.15, 0.2) is 30.3 Å². The fourth-order valence-electron chi connectivity index (χ4n) is 3.38. The molecule has 1 N–H and O–H groups in total. The Bertz CT molecular complexity index is 509. The van der Waals surface area contributed by atoms with E-state index in [1.165, 1.54) is 0 Å². The highest BCUT2D eigenvalue weighted by Gasteiger charge is 2.69. The molecule has 0 aromatic heterocycles. The lowest BCUT2D eigenvalue weighted by Crippen LogP contribution is -2.16. The summed E-state index contributed by atoms with van der Waals surface area (Å²) in [5.41, 5.74) is 0.161. The zero-order valence-electron chi connectivity index (χ0n) is 10.2. The number of benzene rings is 1. The summed E-state index contributed by atoms with van der Waals surface area (Å²) in [4.78, 5) is 11.6. The van der Waals surface area contributed by atoms with Crippen molar-refractivity contribution in [1.82, 2.24) is 0 Å². The highest BCUT2D eigenvalue weighted by Crippen LogP contribution is 2.65. The molecule has 0 radical (unpaired) electrons. The topological polar surface area (TPSA) is 37.3 Å². The molecule has 0 bridgehead atoms. The number of fused-ring (bicyclic) bond motifs is 1. The van der Waals surface area contributed by atoms with E-state index in [9.17, 15) is 9.90 Å². The molecule has 0 spiro atoms. The van der Waals surface area contributed by atoms with Gasteiger partial charge in [-0.05, 0) is 36.8 Å². The van der Waals surface area contributed by atoms with Gasteiger partial charge in [-0.1, -0.05) is 42.9 Å². The maximum atomic E-state index is 11.6. The van der Waals surface area contributed by atoms with E-state index in [-0.39, 0.29) is 0 Å². The molecule has 0 aliphatic heterocycles. The van der Waals surface area contributed by atoms with Gasteiger partial charge >= 0.3 is 5.97 Å². The molecule has 18 heavy (non-hydrogen) atoms. The van der Waals surface area contributed by atoms with Gasteiger partial charge in [-0.25, -0.2) is 0 Å². The van der Waals surface area contributed by atoms with Crippen LogP contribution in [0.3, 0.4) is 0 Å². The SMILES string of the molecule is O=C(O)C1(C#Cc2ccccc2)[C@@H]2CCCC[C@@H]21. The van der Waals surface area contributed by atoms with Crippen molar-refractivity contribution >= 4 is 5.97 Å². The summed E-state index contributed by atoms with van der Waals surface area (Å²) >= 11 is 0. The minimum atomic E-state index is -0.744. The number of aliphatic carboxylic acids is 1. The monoisotopic (exact) mass is 240 g/mol. The number of carboxylic acids is 1. The summed E-state index contributed by atoms with van der Waals surface area (Å²) in [5, 5.41) is 9.51. The second-order valence-electron chi connectivity index (χ2n) is 5.29. The Morgan fingerprint density at radius 3 is 2.33 bits per heavy atom. The molecule has 92 valence electrons. The van der Waals surface area contributed by atoms with Crippen LogP contribution in [-0.2, 0) is 4.79 Å². The number of carbonyl (C=O) groups is 1. The minimum absolute atomic E-state index is 0.292. The summed E-state index contributed by atoms with van der Waals surface area (Å²) in [5.74, 6) is 6.00. The Labute approximate surface area is 107 Å². The Morgan fingerprint density at radius 1 is 1.17 bits per heavy atom. The predicted molar refractivity (Wildman–Crippen MR) is 68.8 cm³/mol. The quantitative estimate of drug-likeness (QED) is 0.766. The van der Waals surface area contributed by atoms with Gasteiger partial charge in [0.05, 0.1) is 0 Å². The van der Waals surface area contributed by atoms with Crippen LogP contribution in [0.4, 0.5) is 0 Å². The lowest BCUT2D eigenvalue weighted by Gasteiger charge is -2.04. The molecular formula is C16H16O2. The average molecular weight is 240 g/mol. The predicted octanol–water partition coefficient (Wildman–Crippen LogP) is 2.93. The summed E-state index contributed by atoms with van der Waals surface area (Å²) in [6.45, 7) is 0. The zero-order valence-corrected chi connectivity index (χ0v) is 10.2. The van der Waals surface area contributed by atoms with E-state index in [0.29, 0.717) is 11.8 Å². The molecular weight excluding hydrogens is 224 g/mol. The van der Waals surface area contributed by atoms with Gasteiger partial charge in [-0.3, -0.25) is 4.79 Å². The molecule has 0 saturated heterocycles. The van der Waals surface area contributed by atoms with E-state index >= 15 is 0 Å². The van der Waals surface area contributed by atoms with E-state index in [1.54, 1.807) is 0 Å². The Hall–Kier alpha value is -1.75. The molecule has 0 heterocycles. The van der Waals surface area contributed by atoms with Crippen molar-refractivity contribution in [2.75, 3.05) is 0 Å². The molecule has 2 aliphatic rings. The normalized spacial score (nSPS) is 32.9. The van der Waals surface area contributed by atoms with Crippen LogP contribution < -0.4 is 0 Å². The summed E-state index contributed by atoms with van der Waals surface area (Å²) < 4.78 is 0. The highest BCUT2D eigenvalue weighted by atomic mass is 16.4. The van der Waals surface area contributed by atoms with Gasteiger partial charge in [-0.15, -0.1) is 0 Å². The van der Waals surface area contributed by atoms with Gasteiger partial charge in [0, 0.05) is 5.56 Å². The standard InChI is InChI=1S/C16H16O2/c17-15(18)16(13-8-4-5-9-14(13)16)11-10-12-6-2-1-3-7-12/h1-3,6-7,13-14H,4-5,8-9H2,(H,17,18)/t13-,14+,16?. The van der Waals surface area contributed by atoms with Crippen LogP contribution in [0.1, 0.15) is 31.2 Å². The molecule has 1 aromatic carbocycles. The maximum Gasteiger partial charge on any atom is 0.322 e. The molecule has 2 fully saturated rings. The van der Waals surface area contributed by atoms with E-state index in [2.05, 4.69) is 11.8 Å². The zero-order chi connectivity index (χ0) is 12.6. The number of hydrogen-bond acceptors (Lipinski definition) is 1. The van der Waals surface area contributed by atoms with Crippen molar-refractivity contribution in [2.45, 2.75) is 25.7 Å². The van der Waals surface area contributed by atoms with Crippen LogP contribution in [0.25, 0.3) is 0 Å². The van der Waals surface area contributed by atoms with E-state index in [0.717, 1.165) is 31.2 Å². The average Bonchev–Trinajstić information content (AvgIpc) is 3.07. The van der Waals surface area contributed by atoms with E-state index in [4.69, 9.17) is 0 Å². The highest BCUT2D eigenvalue weighted by molar-refractivity contribution is 5.84. The molecule has 0 amide bonds. The van der Waals surface area contributed by atoms with Crippen molar-refractivity contribution in [3.8, 4) is 11.8 Å². The van der Waals surface area contributed by atoms with Gasteiger partial charge in [0.1, 0.15) is 5.41 Å². The first-order valence-corrected chi connectivity index (χ1v) is 6.57. The van der Waals surface area contributed by atoms with Crippen molar-refractivity contribution in [3.63, 3.8) is 0 Å². The third-order valence-electron chi connectivity index (χ3n) is 4.37. The third kappa shape index (κ3) is 1.62. The lowest BCUT2D eigenvalue weighted by molar-refractivity contribution is -0.142. The van der Waals surface area contributed by atoms with Crippen molar-refractivity contribution in [2.24, 2.45) is 17.3 Å². The van der Waals surface area contributed by atoms with E-state index < -0.39 is 11.4 Å². The van der Waals surface area contributed by atoms with Crippen molar-refractivity contribution in [3.05, 3.63) is 35.9 Å². The molecule has 2 saturated carbocycles. The Morgan fingerprint density at radius 2 is 1.78 bits per heavy atom. The first-order chi connectivity index (χ1) is 8.75. The van der Waals surface area contributed by atoms with Crippen LogP contribution in [-0.4, -0.2) is 11.1 Å². The molecule has 1 unspecified atom stereocenters. The molecule has 1 aromatic rings. The molecule has 2 aliphatic carbocycles. The summed E-state index contributed by atoms with van der Waals surface area (Å²) in [6, 6.07) is 9.65. The summed E-state index contributed by atoms with van der Waals surface area (Å²) in [6.07, 6.45) is 4.37. The van der Waals surface area contributed by atoms with Gasteiger partial charge in [-0.2, -0.15) is 0 Å². The Balaban J connectivity index is 1.90. The third-order valence-corrected chi connectivity index (χ3v) is 4.37. The van der Waals surface area contributed by atoms with Gasteiger partial charge in [0.15, 0.2) is 0 Å². The van der Waals surface area contributed by atoms with Gasteiger partial charge < -0.3 is 5.11 Å². The fourth-order valence-corrected chi connectivity index (χ4v) is 3.38. The minimum Gasteiger partial charge on any atom is -0.480 e. The summed E-state index contributed by atoms with van der Waals surface area (Å²) in [7, 11) is 0. The van der Waals surface area contributed by atoms with Crippen LogP contribution >= 0.6 is 0 Å². The van der Waals surface area contributed by atoms with Crippen molar-refractivity contribution in [1.29, 1.82) is 0 Å². The maximum absolute atomic E-state index is 11.6. The number of rotatable bonds is 1. The second-order valence-corrected chi connectivity index (χ2v) is 5.29. The molecule has 2 nitrogen and oxygen atoms in total. The smallest absolute Gasteiger partial charge is 0.322 e. The molecule has 2 heteroatoms. The largest absolute Gasteiger partial charge is 0.480 e. The van der Waals surface area contributed by atoms with Crippen LogP contribution in [0.2, 0.25) is 0 Å². The second kappa shape index (κ2) is 4.17. The first kappa shape index (κ1) is 11.3. The lowest BCUT2D eigenvalue weighted by atomic mass is 10.0. The number of hydrogen-bond donors (Lipinski definition) is 1. The molecule has 3 rings (SSSR count). The van der Waals surface area contributed by atoms with Crippen LogP contribution in [0.5, 0.6) is 0 Å². The Kier molecular flexibility index (Phi) is 2.63. The van der Waals surface area contributed by atoms with Gasteiger partial charge in [0.2, 0.25) is 0 Å². The number of carboxylic acid groups (broad SMARTS) is 1. The fraction of sp³-hybridized carbons (Fsp3) is 0.438. The van der Waals surface area contributed by atoms with E-state index in [1.807, 2.05) is 30.3 Å². The first-order valence-electron chi connectivity index (χ1n) is 6.57. The van der Waals surface area contributed by atoms with Crippen LogP contribution in [0, 0.1) is 29.1 Å². The van der Waals surface area contributed by atoms with Crippen molar-refractivity contribution < 1.29 is 9.90 Å². The molecule has 3 atom stereocenters. The van der Waals surface area contributed by atoms with Gasteiger partial charge in [0.25, 0.3) is 0 Å².